The van der Waals surface area contributed by atoms with Crippen LogP contribution in [0.1, 0.15) is 16.3 Å². The molecule has 0 bridgehead atoms. The highest BCUT2D eigenvalue weighted by Gasteiger charge is 2.19. The molecule has 0 atom stereocenters. The maximum Gasteiger partial charge on any atom is 0.284 e. The number of amides is 1. The molecule has 1 fully saturated rings. The molecule has 0 saturated carbocycles. The summed E-state index contributed by atoms with van der Waals surface area (Å²) in [6, 6.07) is 13.2. The number of nitrogens with zero attached hydrogens (tertiary/aromatic N) is 3. The fourth-order valence-corrected chi connectivity index (χ4v) is 3.10. The monoisotopic (exact) mass is 385 g/mol. The Balaban J connectivity index is 1.39. The normalized spacial score (nSPS) is 15.5. The topological polar surface area (TPSA) is 96.3 Å². The minimum absolute atomic E-state index is 0.165. The van der Waals surface area contributed by atoms with E-state index in [0.717, 1.165) is 44.4 Å². The molecule has 2 heterocycles. The minimum atomic E-state index is -0.567. The Kier molecular flexibility index (Phi) is 6.91. The van der Waals surface area contributed by atoms with Crippen LogP contribution < -0.4 is 15.8 Å². The van der Waals surface area contributed by atoms with Crippen molar-refractivity contribution in [2.75, 3.05) is 46.4 Å². The molecule has 0 radical (unpaired) electrons. The number of piperazine rings is 1. The zero-order valence-electron chi connectivity index (χ0n) is 16.1. The third kappa shape index (κ3) is 5.50. The van der Waals surface area contributed by atoms with E-state index in [0.29, 0.717) is 18.9 Å². The second-order valence-corrected chi connectivity index (χ2v) is 6.52. The number of hydrogen-bond acceptors (Lipinski definition) is 5. The van der Waals surface area contributed by atoms with E-state index >= 15 is 0 Å². The summed E-state index contributed by atoms with van der Waals surface area (Å²) >= 11 is 0. The molecular weight excluding hydrogens is 358 g/mol. The molecule has 0 spiro atoms. The van der Waals surface area contributed by atoms with Crippen molar-refractivity contribution in [1.82, 2.24) is 15.1 Å². The van der Waals surface area contributed by atoms with E-state index in [4.69, 9.17) is 14.9 Å². The van der Waals surface area contributed by atoms with Gasteiger partial charge in [-0.25, -0.2) is 0 Å². The van der Waals surface area contributed by atoms with E-state index in [1.807, 2.05) is 30.3 Å². The van der Waals surface area contributed by atoms with E-state index in [1.54, 1.807) is 19.2 Å². The van der Waals surface area contributed by atoms with Gasteiger partial charge in [0.2, 0.25) is 0 Å². The van der Waals surface area contributed by atoms with E-state index in [-0.39, 0.29) is 5.76 Å². The molecule has 1 aliphatic rings. The lowest BCUT2D eigenvalue weighted by Gasteiger charge is -2.36. The Hall–Kier alpha value is -3.00. The summed E-state index contributed by atoms with van der Waals surface area (Å²) in [6.07, 6.45) is 0. The molecule has 3 rings (SSSR count). The Labute approximate surface area is 165 Å². The highest BCUT2D eigenvalue weighted by molar-refractivity contribution is 5.89. The predicted octanol–water partition coefficient (Wildman–Crippen LogP) is 1.15. The number of carbonyl (C=O) groups is 1. The molecule has 8 nitrogen and oxygen atoms in total. The molecule has 0 unspecified atom stereocenters. The van der Waals surface area contributed by atoms with Crippen molar-refractivity contribution >= 4 is 11.9 Å². The van der Waals surface area contributed by atoms with Crippen LogP contribution in [-0.4, -0.2) is 68.0 Å². The number of guanidine groups is 1. The van der Waals surface area contributed by atoms with Gasteiger partial charge in [-0.15, -0.1) is 0 Å². The lowest BCUT2D eigenvalue weighted by atomic mass is 10.3. The third-order valence-electron chi connectivity index (χ3n) is 4.63. The predicted molar refractivity (Wildman–Crippen MR) is 107 cm³/mol. The average Bonchev–Trinajstić information content (AvgIpc) is 3.20. The van der Waals surface area contributed by atoms with Crippen LogP contribution in [0.25, 0.3) is 0 Å². The average molecular weight is 385 g/mol. The van der Waals surface area contributed by atoms with Crippen molar-refractivity contribution in [2.45, 2.75) is 6.54 Å². The number of para-hydroxylation sites is 1. The standard InChI is InChI=1S/C20H27N5O3/c1-22-20(23-15-17-7-8-18(28-17)19(21)26)25-11-9-24(10-12-25)13-14-27-16-5-3-2-4-6-16/h2-8H,9-15H2,1H3,(H2,21,26)(H,22,23). The Bertz CT molecular complexity index is 782. The first-order valence-corrected chi connectivity index (χ1v) is 9.40. The molecule has 1 saturated heterocycles. The smallest absolute Gasteiger partial charge is 0.284 e. The van der Waals surface area contributed by atoms with Gasteiger partial charge in [-0.2, -0.15) is 0 Å². The Morgan fingerprint density at radius 3 is 2.57 bits per heavy atom. The van der Waals surface area contributed by atoms with Crippen molar-refractivity contribution in [3.8, 4) is 5.75 Å². The quantitative estimate of drug-likeness (QED) is 0.548. The lowest BCUT2D eigenvalue weighted by Crippen LogP contribution is -2.52. The second kappa shape index (κ2) is 9.80. The van der Waals surface area contributed by atoms with Crippen LogP contribution in [0.2, 0.25) is 0 Å². The molecule has 28 heavy (non-hydrogen) atoms. The summed E-state index contributed by atoms with van der Waals surface area (Å²) in [5.41, 5.74) is 5.21. The van der Waals surface area contributed by atoms with Gasteiger partial charge >= 0.3 is 0 Å². The fourth-order valence-electron chi connectivity index (χ4n) is 3.10. The van der Waals surface area contributed by atoms with Gasteiger partial charge in [0.05, 0.1) is 6.54 Å². The van der Waals surface area contributed by atoms with Gasteiger partial charge in [-0.1, -0.05) is 18.2 Å². The summed E-state index contributed by atoms with van der Waals surface area (Å²) in [4.78, 5) is 20.1. The zero-order valence-corrected chi connectivity index (χ0v) is 16.1. The number of ether oxygens (including phenoxy) is 1. The molecule has 1 aromatic heterocycles. The first kappa shape index (κ1) is 19.8. The molecule has 1 aliphatic heterocycles. The van der Waals surface area contributed by atoms with E-state index < -0.39 is 5.91 Å². The van der Waals surface area contributed by atoms with Gasteiger partial charge in [0, 0.05) is 39.8 Å². The summed E-state index contributed by atoms with van der Waals surface area (Å²) in [5, 5.41) is 3.27. The van der Waals surface area contributed by atoms with Crippen LogP contribution in [0.15, 0.2) is 51.9 Å². The third-order valence-corrected chi connectivity index (χ3v) is 4.63. The van der Waals surface area contributed by atoms with Gasteiger partial charge in [-0.3, -0.25) is 14.7 Å². The maximum atomic E-state index is 11.1. The fraction of sp³-hybridized carbons (Fsp3) is 0.400. The van der Waals surface area contributed by atoms with Crippen LogP contribution in [0.5, 0.6) is 5.75 Å². The van der Waals surface area contributed by atoms with Crippen LogP contribution in [0.3, 0.4) is 0 Å². The number of carbonyl (C=O) groups excluding carboxylic acids is 1. The highest BCUT2D eigenvalue weighted by Crippen LogP contribution is 2.10. The number of rotatable bonds is 7. The Morgan fingerprint density at radius 1 is 1.18 bits per heavy atom. The summed E-state index contributed by atoms with van der Waals surface area (Å²) in [7, 11) is 1.76. The van der Waals surface area contributed by atoms with Crippen LogP contribution >= 0.6 is 0 Å². The molecule has 1 aromatic carbocycles. The number of primary amides is 1. The van der Waals surface area contributed by atoms with E-state index in [2.05, 4.69) is 20.1 Å². The molecule has 1 amide bonds. The first-order valence-electron chi connectivity index (χ1n) is 9.40. The number of furan rings is 1. The lowest BCUT2D eigenvalue weighted by molar-refractivity contribution is 0.0972. The number of benzene rings is 1. The van der Waals surface area contributed by atoms with Crippen LogP contribution in [0, 0.1) is 0 Å². The van der Waals surface area contributed by atoms with Crippen molar-refractivity contribution in [3.05, 3.63) is 54.0 Å². The molecule has 0 aliphatic carbocycles. The van der Waals surface area contributed by atoms with Crippen LogP contribution in [0.4, 0.5) is 0 Å². The van der Waals surface area contributed by atoms with E-state index in [9.17, 15) is 4.79 Å². The van der Waals surface area contributed by atoms with Crippen molar-refractivity contribution in [3.63, 3.8) is 0 Å². The minimum Gasteiger partial charge on any atom is -0.492 e. The zero-order chi connectivity index (χ0) is 19.8. The number of hydrogen-bond donors (Lipinski definition) is 2. The molecule has 150 valence electrons. The van der Waals surface area contributed by atoms with Gasteiger partial charge < -0.3 is 25.1 Å². The SMILES string of the molecule is CN=C(NCc1ccc(C(N)=O)o1)N1CCN(CCOc2ccccc2)CC1. The van der Waals surface area contributed by atoms with Crippen molar-refractivity contribution in [2.24, 2.45) is 10.7 Å². The number of aliphatic imine (C=N–C) groups is 1. The highest BCUT2D eigenvalue weighted by atomic mass is 16.5. The largest absolute Gasteiger partial charge is 0.492 e. The van der Waals surface area contributed by atoms with Crippen LogP contribution in [-0.2, 0) is 6.54 Å². The summed E-state index contributed by atoms with van der Waals surface area (Å²) in [5.74, 6) is 1.97. The van der Waals surface area contributed by atoms with Crippen molar-refractivity contribution in [1.29, 1.82) is 0 Å². The van der Waals surface area contributed by atoms with E-state index in [1.165, 1.54) is 0 Å². The van der Waals surface area contributed by atoms with Crippen molar-refractivity contribution < 1.29 is 13.9 Å². The van der Waals surface area contributed by atoms with Gasteiger partial charge in [0.1, 0.15) is 18.1 Å². The maximum absolute atomic E-state index is 11.1. The van der Waals surface area contributed by atoms with Gasteiger partial charge in [-0.05, 0) is 24.3 Å². The number of nitrogens with two attached hydrogens (primary N) is 1. The number of nitrogens with one attached hydrogen (secondary N) is 1. The molecule has 8 heteroatoms. The molecular formula is C20H27N5O3. The Morgan fingerprint density at radius 2 is 1.93 bits per heavy atom. The summed E-state index contributed by atoms with van der Waals surface area (Å²) < 4.78 is 11.2. The molecule has 2 aromatic rings. The summed E-state index contributed by atoms with van der Waals surface area (Å²) in [6.45, 7) is 5.70. The second-order valence-electron chi connectivity index (χ2n) is 6.52. The van der Waals surface area contributed by atoms with Gasteiger partial charge in [0.15, 0.2) is 11.7 Å². The molecule has 3 N–H and O–H groups in total. The van der Waals surface area contributed by atoms with Gasteiger partial charge in [0.25, 0.3) is 5.91 Å². The first-order chi connectivity index (χ1) is 13.7.